The van der Waals surface area contributed by atoms with Crippen molar-refractivity contribution in [3.8, 4) is 5.75 Å². The van der Waals surface area contributed by atoms with E-state index in [1.54, 1.807) is 0 Å². The monoisotopic (exact) mass is 313 g/mol. The molecular weight excluding hydrogens is 294 g/mol. The molecule has 0 aliphatic carbocycles. The van der Waals surface area contributed by atoms with E-state index in [2.05, 4.69) is 35.0 Å². The van der Waals surface area contributed by atoms with Gasteiger partial charge in [-0.1, -0.05) is 15.9 Å². The van der Waals surface area contributed by atoms with E-state index < -0.39 is 0 Å². The fourth-order valence-electron chi connectivity index (χ4n) is 2.28. The van der Waals surface area contributed by atoms with Gasteiger partial charge < -0.3 is 15.2 Å². The topological polar surface area (TPSA) is 44.5 Å². The predicted molar refractivity (Wildman–Crippen MR) is 76.1 cm³/mol. The Morgan fingerprint density at radius 2 is 2.33 bits per heavy atom. The summed E-state index contributed by atoms with van der Waals surface area (Å²) >= 11 is 3.52. The van der Waals surface area contributed by atoms with E-state index in [1.165, 1.54) is 5.56 Å². The minimum absolute atomic E-state index is 0.176. The predicted octanol–water partition coefficient (Wildman–Crippen LogP) is 2.82. The smallest absolute Gasteiger partial charge is 0.126 e. The first-order valence-corrected chi connectivity index (χ1v) is 7.23. The molecule has 4 heteroatoms. The van der Waals surface area contributed by atoms with Crippen LogP contribution >= 0.6 is 15.9 Å². The third kappa shape index (κ3) is 3.46. The lowest BCUT2D eigenvalue weighted by Crippen LogP contribution is -2.28. The first-order chi connectivity index (χ1) is 8.70. The molecule has 1 atom stereocenters. The molecule has 1 heterocycles. The van der Waals surface area contributed by atoms with Crippen molar-refractivity contribution < 1.29 is 9.47 Å². The van der Waals surface area contributed by atoms with Crippen LogP contribution < -0.4 is 10.5 Å². The van der Waals surface area contributed by atoms with Crippen LogP contribution in [0.4, 0.5) is 0 Å². The second-order valence-electron chi connectivity index (χ2n) is 4.71. The van der Waals surface area contributed by atoms with Gasteiger partial charge in [0.25, 0.3) is 0 Å². The molecule has 2 N–H and O–H groups in total. The van der Waals surface area contributed by atoms with Crippen molar-refractivity contribution in [1.82, 2.24) is 0 Å². The molecule has 0 bridgehead atoms. The highest BCUT2D eigenvalue weighted by Crippen LogP contribution is 2.30. The van der Waals surface area contributed by atoms with Gasteiger partial charge in [0.05, 0.1) is 6.61 Å². The minimum Gasteiger partial charge on any atom is -0.487 e. The second-order valence-corrected chi connectivity index (χ2v) is 5.62. The van der Waals surface area contributed by atoms with E-state index in [0.717, 1.165) is 41.7 Å². The number of halogens is 1. The number of nitrogens with two attached hydrogens (primary N) is 1. The third-order valence-corrected chi connectivity index (χ3v) is 3.59. The van der Waals surface area contributed by atoms with Gasteiger partial charge in [0.2, 0.25) is 0 Å². The third-order valence-electron chi connectivity index (χ3n) is 3.13. The zero-order valence-corrected chi connectivity index (χ0v) is 12.3. The van der Waals surface area contributed by atoms with Crippen molar-refractivity contribution in [3.63, 3.8) is 0 Å². The molecule has 18 heavy (non-hydrogen) atoms. The number of ether oxygens (including phenoxy) is 2. The van der Waals surface area contributed by atoms with Gasteiger partial charge in [-0.05, 0) is 56.0 Å². The van der Waals surface area contributed by atoms with Crippen LogP contribution in [0, 0.1) is 6.92 Å². The number of hydrogen-bond donors (Lipinski definition) is 1. The van der Waals surface area contributed by atoms with Crippen LogP contribution in [0.3, 0.4) is 0 Å². The summed E-state index contributed by atoms with van der Waals surface area (Å²) < 4.78 is 12.7. The summed E-state index contributed by atoms with van der Waals surface area (Å²) in [4.78, 5) is 0. The lowest BCUT2D eigenvalue weighted by molar-refractivity contribution is 0.00677. The molecule has 3 nitrogen and oxygen atoms in total. The van der Waals surface area contributed by atoms with Crippen molar-refractivity contribution in [1.29, 1.82) is 0 Å². The van der Waals surface area contributed by atoms with Gasteiger partial charge in [-0.2, -0.15) is 0 Å². The molecule has 0 amide bonds. The van der Waals surface area contributed by atoms with Crippen LogP contribution in [0.15, 0.2) is 16.6 Å². The summed E-state index contributed by atoms with van der Waals surface area (Å²) in [6, 6.07) is 4.18. The van der Waals surface area contributed by atoms with Crippen LogP contribution in [-0.4, -0.2) is 25.9 Å². The lowest BCUT2D eigenvalue weighted by atomic mass is 10.1. The summed E-state index contributed by atoms with van der Waals surface area (Å²) in [5, 5.41) is 0. The Bertz CT molecular complexity index is 403. The maximum absolute atomic E-state index is 6.12. The standard InChI is InChI=1S/C14H20BrNO2/c1-10-7-12(15)8-11(4-5-16)14(10)18-13-3-2-6-17-9-13/h7-8,13H,2-6,9,16H2,1H3. The Hall–Kier alpha value is -0.580. The van der Waals surface area contributed by atoms with E-state index in [0.29, 0.717) is 13.2 Å². The summed E-state index contributed by atoms with van der Waals surface area (Å²) in [7, 11) is 0. The lowest BCUT2D eigenvalue weighted by Gasteiger charge is -2.25. The van der Waals surface area contributed by atoms with Crippen LogP contribution in [0.1, 0.15) is 24.0 Å². The zero-order valence-electron chi connectivity index (χ0n) is 10.7. The number of hydrogen-bond acceptors (Lipinski definition) is 3. The molecule has 0 aromatic heterocycles. The van der Waals surface area contributed by atoms with Crippen molar-refractivity contribution in [2.75, 3.05) is 19.8 Å². The van der Waals surface area contributed by atoms with E-state index in [1.807, 2.05) is 0 Å². The van der Waals surface area contributed by atoms with Crippen LogP contribution in [0.2, 0.25) is 0 Å². The van der Waals surface area contributed by atoms with Gasteiger partial charge in [0, 0.05) is 11.1 Å². The SMILES string of the molecule is Cc1cc(Br)cc(CCN)c1OC1CCCOC1. The number of rotatable bonds is 4. The van der Waals surface area contributed by atoms with Crippen molar-refractivity contribution >= 4 is 15.9 Å². The molecule has 100 valence electrons. The highest BCUT2D eigenvalue weighted by molar-refractivity contribution is 9.10. The normalized spacial score (nSPS) is 19.8. The maximum Gasteiger partial charge on any atom is 0.126 e. The molecule has 1 aliphatic heterocycles. The second kappa shape index (κ2) is 6.55. The number of aryl methyl sites for hydroxylation is 1. The minimum atomic E-state index is 0.176. The van der Waals surface area contributed by atoms with E-state index in [9.17, 15) is 0 Å². The quantitative estimate of drug-likeness (QED) is 0.929. The van der Waals surface area contributed by atoms with Crippen LogP contribution in [0.25, 0.3) is 0 Å². The highest BCUT2D eigenvalue weighted by Gasteiger charge is 2.18. The largest absolute Gasteiger partial charge is 0.487 e. The molecule has 0 spiro atoms. The van der Waals surface area contributed by atoms with Gasteiger partial charge in [-0.25, -0.2) is 0 Å². The van der Waals surface area contributed by atoms with Crippen molar-refractivity contribution in [2.24, 2.45) is 5.73 Å². The summed E-state index contributed by atoms with van der Waals surface area (Å²) in [5.74, 6) is 0.985. The van der Waals surface area contributed by atoms with E-state index >= 15 is 0 Å². The van der Waals surface area contributed by atoms with Crippen molar-refractivity contribution in [3.05, 3.63) is 27.7 Å². The molecule has 1 aromatic carbocycles. The fraction of sp³-hybridized carbons (Fsp3) is 0.571. The Morgan fingerprint density at radius 1 is 1.50 bits per heavy atom. The first-order valence-electron chi connectivity index (χ1n) is 6.44. The molecule has 1 aromatic rings. The van der Waals surface area contributed by atoms with Gasteiger partial charge in [0.15, 0.2) is 0 Å². The average Bonchev–Trinajstić information content (AvgIpc) is 2.35. The summed E-state index contributed by atoms with van der Waals surface area (Å²) in [6.07, 6.45) is 3.16. The van der Waals surface area contributed by atoms with Gasteiger partial charge in [-0.3, -0.25) is 0 Å². The molecule has 1 aliphatic rings. The summed E-state index contributed by atoms with van der Waals surface area (Å²) in [6.45, 7) is 4.25. The van der Waals surface area contributed by atoms with Crippen LogP contribution in [0.5, 0.6) is 5.75 Å². The van der Waals surface area contributed by atoms with Crippen molar-refractivity contribution in [2.45, 2.75) is 32.3 Å². The summed E-state index contributed by atoms with van der Waals surface area (Å²) in [5.41, 5.74) is 7.99. The van der Waals surface area contributed by atoms with Gasteiger partial charge in [-0.15, -0.1) is 0 Å². The molecule has 0 saturated carbocycles. The Balaban J connectivity index is 2.18. The molecule has 1 unspecified atom stereocenters. The van der Waals surface area contributed by atoms with Gasteiger partial charge in [0.1, 0.15) is 11.9 Å². The first kappa shape index (κ1) is 13.8. The maximum atomic E-state index is 6.12. The molecule has 0 radical (unpaired) electrons. The Morgan fingerprint density at radius 3 is 3.00 bits per heavy atom. The average molecular weight is 314 g/mol. The molecule has 1 fully saturated rings. The van der Waals surface area contributed by atoms with Crippen LogP contribution in [-0.2, 0) is 11.2 Å². The van der Waals surface area contributed by atoms with Gasteiger partial charge >= 0.3 is 0 Å². The van der Waals surface area contributed by atoms with E-state index in [-0.39, 0.29) is 6.10 Å². The molecular formula is C14H20BrNO2. The Labute approximate surface area is 117 Å². The molecule has 1 saturated heterocycles. The molecule has 2 rings (SSSR count). The van der Waals surface area contributed by atoms with E-state index in [4.69, 9.17) is 15.2 Å². The zero-order chi connectivity index (χ0) is 13.0. The number of benzene rings is 1. The highest BCUT2D eigenvalue weighted by atomic mass is 79.9. The Kier molecular flexibility index (Phi) is 5.03. The fourth-order valence-corrected chi connectivity index (χ4v) is 2.90.